The van der Waals surface area contributed by atoms with Crippen molar-refractivity contribution in [2.75, 3.05) is 13.2 Å². The average molecular weight is 434 g/mol. The van der Waals surface area contributed by atoms with Gasteiger partial charge in [0.15, 0.2) is 0 Å². The van der Waals surface area contributed by atoms with E-state index in [2.05, 4.69) is 23.7 Å². The molecular weight excluding hydrogens is 408 g/mol. The van der Waals surface area contributed by atoms with Crippen LogP contribution in [0.25, 0.3) is 0 Å². The van der Waals surface area contributed by atoms with Crippen molar-refractivity contribution in [3.05, 3.63) is 35.4 Å². The molecule has 6 unspecified atom stereocenters. The zero-order chi connectivity index (χ0) is 22.5. The van der Waals surface area contributed by atoms with E-state index >= 15 is 0 Å². The van der Waals surface area contributed by atoms with E-state index in [0.717, 1.165) is 0 Å². The van der Waals surface area contributed by atoms with E-state index in [-0.39, 0.29) is 13.0 Å². The second-order valence-corrected chi connectivity index (χ2v) is 7.51. The van der Waals surface area contributed by atoms with Gasteiger partial charge in [-0.1, -0.05) is 23.7 Å². The number of aliphatic hydroxyl groups excluding tert-OH is 7. The molecule has 7 N–H and O–H groups in total. The number of hydrogen-bond acceptors (Lipinski definition) is 9. The van der Waals surface area contributed by atoms with Crippen LogP contribution in [0, 0.1) is 23.7 Å². The zero-order valence-electron chi connectivity index (χ0n) is 16.6. The van der Waals surface area contributed by atoms with Crippen molar-refractivity contribution in [2.45, 2.75) is 61.4 Å². The van der Waals surface area contributed by atoms with Gasteiger partial charge in [0, 0.05) is 17.5 Å². The van der Waals surface area contributed by atoms with Crippen molar-refractivity contribution in [3.8, 4) is 23.7 Å². The maximum atomic E-state index is 10.0. The first kappa shape index (κ1) is 23.6. The Morgan fingerprint density at radius 2 is 1.19 bits per heavy atom. The van der Waals surface area contributed by atoms with Crippen LogP contribution in [0.3, 0.4) is 0 Å². The summed E-state index contributed by atoms with van der Waals surface area (Å²) in [7, 11) is 0. The summed E-state index contributed by atoms with van der Waals surface area (Å²) >= 11 is 0. The summed E-state index contributed by atoms with van der Waals surface area (Å²) < 4.78 is 10.8. The molecular formula is C22H26O9. The van der Waals surface area contributed by atoms with Crippen LogP contribution >= 0.6 is 0 Å². The molecule has 9 atom stereocenters. The molecule has 0 aromatic heterocycles. The van der Waals surface area contributed by atoms with Gasteiger partial charge < -0.3 is 45.2 Å². The summed E-state index contributed by atoms with van der Waals surface area (Å²) in [4.78, 5) is 0. The van der Waals surface area contributed by atoms with Gasteiger partial charge in [0.05, 0.1) is 25.4 Å². The maximum absolute atomic E-state index is 10.0. The van der Waals surface area contributed by atoms with Crippen molar-refractivity contribution < 1.29 is 45.2 Å². The van der Waals surface area contributed by atoms with E-state index in [9.17, 15) is 35.7 Å². The first-order chi connectivity index (χ1) is 14.8. The molecule has 2 heterocycles. The van der Waals surface area contributed by atoms with Gasteiger partial charge in [0.2, 0.25) is 0 Å². The lowest BCUT2D eigenvalue weighted by Gasteiger charge is -2.37. The molecule has 0 saturated carbocycles. The summed E-state index contributed by atoms with van der Waals surface area (Å²) in [5.41, 5.74) is 1.21. The molecule has 0 bridgehead atoms. The van der Waals surface area contributed by atoms with E-state index in [1.807, 2.05) is 0 Å². The summed E-state index contributed by atoms with van der Waals surface area (Å²) in [6.45, 7) is -0.887. The molecule has 2 fully saturated rings. The van der Waals surface area contributed by atoms with E-state index in [1.54, 1.807) is 24.3 Å². The Morgan fingerprint density at radius 3 is 1.74 bits per heavy atom. The minimum atomic E-state index is -1.48. The van der Waals surface area contributed by atoms with E-state index in [1.165, 1.54) is 0 Å². The Morgan fingerprint density at radius 1 is 0.677 bits per heavy atom. The lowest BCUT2D eigenvalue weighted by atomic mass is 9.95. The molecule has 1 aromatic carbocycles. The normalized spacial score (nSPS) is 37.8. The molecule has 1 aromatic rings. The molecule has 2 saturated heterocycles. The molecule has 168 valence electrons. The Hall–Kier alpha value is -2.02. The smallest absolute Gasteiger partial charge is 0.147 e. The van der Waals surface area contributed by atoms with Gasteiger partial charge in [-0.3, -0.25) is 0 Å². The number of benzene rings is 1. The van der Waals surface area contributed by atoms with Crippen LogP contribution in [0.4, 0.5) is 0 Å². The number of ether oxygens (including phenoxy) is 2. The van der Waals surface area contributed by atoms with Gasteiger partial charge in [0.25, 0.3) is 0 Å². The molecule has 0 aliphatic carbocycles. The van der Waals surface area contributed by atoms with Crippen LogP contribution in [0.1, 0.15) is 17.5 Å². The van der Waals surface area contributed by atoms with E-state index < -0.39 is 61.5 Å². The fourth-order valence-electron chi connectivity index (χ4n) is 3.35. The van der Waals surface area contributed by atoms with Crippen LogP contribution in [0.5, 0.6) is 0 Å². The molecule has 9 heteroatoms. The van der Waals surface area contributed by atoms with Gasteiger partial charge >= 0.3 is 0 Å². The molecule has 0 spiro atoms. The molecule has 3 rings (SSSR count). The first-order valence-corrected chi connectivity index (χ1v) is 9.90. The van der Waals surface area contributed by atoms with Gasteiger partial charge in [-0.2, -0.15) is 0 Å². The second kappa shape index (κ2) is 10.5. The summed E-state index contributed by atoms with van der Waals surface area (Å²) in [5.74, 6) is 11.2. The minimum Gasteiger partial charge on any atom is -0.394 e. The quantitative estimate of drug-likeness (QED) is 0.242. The van der Waals surface area contributed by atoms with Crippen molar-refractivity contribution in [3.63, 3.8) is 0 Å². The van der Waals surface area contributed by atoms with E-state index in [4.69, 9.17) is 9.47 Å². The number of aliphatic hydroxyl groups is 7. The van der Waals surface area contributed by atoms with Gasteiger partial charge in [-0.15, -0.1) is 0 Å². The molecule has 2 aliphatic rings. The van der Waals surface area contributed by atoms with Crippen molar-refractivity contribution in [2.24, 2.45) is 0 Å². The topological polar surface area (TPSA) is 160 Å². The van der Waals surface area contributed by atoms with Gasteiger partial charge in [0.1, 0.15) is 42.7 Å². The molecule has 9 nitrogen and oxygen atoms in total. The third-order valence-corrected chi connectivity index (χ3v) is 5.26. The Bertz CT molecular complexity index is 848. The SMILES string of the molecule is OCC1OC(C#Cc2ccc(C#CC3O[C@H](CO)C(O)C[C@@H]3O)cc2)C(O)C(O)[C@@H]1O. The monoisotopic (exact) mass is 434 g/mol. The van der Waals surface area contributed by atoms with Crippen molar-refractivity contribution in [1.29, 1.82) is 0 Å². The largest absolute Gasteiger partial charge is 0.394 e. The van der Waals surface area contributed by atoms with Crippen molar-refractivity contribution in [1.82, 2.24) is 0 Å². The van der Waals surface area contributed by atoms with Crippen LogP contribution in [0.15, 0.2) is 24.3 Å². The third kappa shape index (κ3) is 5.62. The van der Waals surface area contributed by atoms with E-state index in [0.29, 0.717) is 11.1 Å². The zero-order valence-corrected chi connectivity index (χ0v) is 16.6. The van der Waals surface area contributed by atoms with Crippen LogP contribution in [-0.2, 0) is 9.47 Å². The molecule has 31 heavy (non-hydrogen) atoms. The first-order valence-electron chi connectivity index (χ1n) is 9.90. The standard InChI is InChI=1S/C22H26O9/c23-10-18-15(26)9-14(25)16(30-18)7-5-12-1-3-13(4-2-12)6-8-17-20(27)22(29)21(28)19(11-24)31-17/h1-4,14-29H,9-11H2/t14-,15?,16?,17?,18+,19?,20?,21+,22?/m0/s1. The highest BCUT2D eigenvalue weighted by Gasteiger charge is 2.42. The van der Waals surface area contributed by atoms with Crippen molar-refractivity contribution >= 4 is 0 Å². The highest BCUT2D eigenvalue weighted by Crippen LogP contribution is 2.21. The fourth-order valence-corrected chi connectivity index (χ4v) is 3.35. The third-order valence-electron chi connectivity index (χ3n) is 5.26. The number of hydrogen-bond donors (Lipinski definition) is 7. The van der Waals surface area contributed by atoms with Gasteiger partial charge in [-0.05, 0) is 24.3 Å². The molecule has 2 aliphatic heterocycles. The summed E-state index contributed by atoms with van der Waals surface area (Å²) in [5, 5.41) is 67.7. The Labute approximate surface area is 179 Å². The predicted octanol–water partition coefficient (Wildman–Crippen LogP) is -2.90. The maximum Gasteiger partial charge on any atom is 0.147 e. The van der Waals surface area contributed by atoms with Crippen LogP contribution in [-0.4, -0.2) is 104 Å². The predicted molar refractivity (Wildman–Crippen MR) is 106 cm³/mol. The second-order valence-electron chi connectivity index (χ2n) is 7.51. The average Bonchev–Trinajstić information content (AvgIpc) is 2.77. The Kier molecular flexibility index (Phi) is 8.03. The fraction of sp³-hybridized carbons (Fsp3) is 0.545. The summed E-state index contributed by atoms with van der Waals surface area (Å²) in [6, 6.07) is 6.74. The number of rotatable bonds is 2. The Balaban J connectivity index is 1.65. The lowest BCUT2D eigenvalue weighted by Crippen LogP contribution is -2.58. The molecule has 0 radical (unpaired) electrons. The summed E-state index contributed by atoms with van der Waals surface area (Å²) in [6.07, 6.45) is -9.88. The van der Waals surface area contributed by atoms with Crippen LogP contribution < -0.4 is 0 Å². The van der Waals surface area contributed by atoms with Crippen LogP contribution in [0.2, 0.25) is 0 Å². The minimum absolute atomic E-state index is 0.0665. The highest BCUT2D eigenvalue weighted by molar-refractivity contribution is 5.43. The lowest BCUT2D eigenvalue weighted by molar-refractivity contribution is -0.214. The van der Waals surface area contributed by atoms with Gasteiger partial charge in [-0.25, -0.2) is 0 Å². The molecule has 0 amide bonds. The highest BCUT2D eigenvalue weighted by atomic mass is 16.5.